The van der Waals surface area contributed by atoms with Gasteiger partial charge < -0.3 is 4.90 Å². The maximum absolute atomic E-state index is 3.58. The molecule has 1 fully saturated rings. The molecule has 2 heteroatoms. The van der Waals surface area contributed by atoms with Crippen molar-refractivity contribution in [1.29, 1.82) is 0 Å². The third-order valence-electron chi connectivity index (χ3n) is 4.38. The third-order valence-corrected chi connectivity index (χ3v) is 4.87. The van der Waals surface area contributed by atoms with E-state index in [1.165, 1.54) is 54.5 Å². The molecule has 2 rings (SSSR count). The molecule has 1 aliphatic heterocycles. The van der Waals surface area contributed by atoms with Crippen molar-refractivity contribution in [3.05, 3.63) is 28.2 Å². The van der Waals surface area contributed by atoms with Crippen LogP contribution < -0.4 is 4.90 Å². The lowest BCUT2D eigenvalue weighted by Gasteiger charge is -2.52. The molecule has 1 aromatic carbocycles. The first kappa shape index (κ1) is 14.9. The summed E-state index contributed by atoms with van der Waals surface area (Å²) in [6, 6.07) is 6.73. The highest BCUT2D eigenvalue weighted by molar-refractivity contribution is 9.10. The quantitative estimate of drug-likeness (QED) is 0.675. The molecule has 19 heavy (non-hydrogen) atoms. The summed E-state index contributed by atoms with van der Waals surface area (Å²) in [5, 5.41) is 0. The number of benzene rings is 1. The molecule has 1 aromatic rings. The van der Waals surface area contributed by atoms with E-state index >= 15 is 0 Å². The molecule has 106 valence electrons. The second kappa shape index (κ2) is 6.30. The van der Waals surface area contributed by atoms with Crippen molar-refractivity contribution < 1.29 is 0 Å². The average molecular weight is 324 g/mol. The van der Waals surface area contributed by atoms with Crippen molar-refractivity contribution in [3.63, 3.8) is 0 Å². The van der Waals surface area contributed by atoms with Gasteiger partial charge in [-0.1, -0.05) is 49.5 Å². The third kappa shape index (κ3) is 3.16. The highest BCUT2D eigenvalue weighted by Gasteiger charge is 2.41. The normalized spacial score (nSPS) is 17.4. The molecule has 0 bridgehead atoms. The predicted octanol–water partition coefficient (Wildman–Crippen LogP) is 5.42. The summed E-state index contributed by atoms with van der Waals surface area (Å²) in [5.74, 6) is 0. The van der Waals surface area contributed by atoms with Crippen LogP contribution in [-0.4, -0.2) is 13.1 Å². The zero-order valence-electron chi connectivity index (χ0n) is 12.5. The molecular formula is C17H26BrN. The Balaban J connectivity index is 2.10. The molecule has 0 aliphatic carbocycles. The molecule has 0 radical (unpaired) electrons. The summed E-state index contributed by atoms with van der Waals surface area (Å²) in [4.78, 5) is 2.58. The number of aryl methyl sites for hydroxylation is 1. The molecule has 1 saturated heterocycles. The smallest absolute Gasteiger partial charge is 0.0399 e. The van der Waals surface area contributed by atoms with E-state index in [0.29, 0.717) is 5.41 Å². The Morgan fingerprint density at radius 3 is 2.26 bits per heavy atom. The minimum atomic E-state index is 0.599. The molecule has 0 N–H and O–H groups in total. The van der Waals surface area contributed by atoms with Crippen molar-refractivity contribution in [2.24, 2.45) is 5.41 Å². The van der Waals surface area contributed by atoms with Crippen LogP contribution in [0.4, 0.5) is 5.69 Å². The highest BCUT2D eigenvalue weighted by Crippen LogP contribution is 2.43. The Hall–Kier alpha value is -0.500. The fraction of sp³-hybridized carbons (Fsp3) is 0.647. The second-order valence-corrected chi connectivity index (χ2v) is 6.90. The molecule has 0 amide bonds. The molecule has 0 spiro atoms. The van der Waals surface area contributed by atoms with Gasteiger partial charge in [0.05, 0.1) is 0 Å². The Bertz CT molecular complexity index is 413. The van der Waals surface area contributed by atoms with Crippen molar-refractivity contribution in [2.75, 3.05) is 18.0 Å². The maximum atomic E-state index is 3.58. The van der Waals surface area contributed by atoms with Crippen LogP contribution in [0.1, 0.15) is 52.0 Å². The van der Waals surface area contributed by atoms with Gasteiger partial charge >= 0.3 is 0 Å². The van der Waals surface area contributed by atoms with E-state index in [1.807, 2.05) is 0 Å². The lowest BCUT2D eigenvalue weighted by molar-refractivity contribution is 0.173. The van der Waals surface area contributed by atoms with Gasteiger partial charge in [0.2, 0.25) is 0 Å². The predicted molar refractivity (Wildman–Crippen MR) is 88.0 cm³/mol. The Labute approximate surface area is 126 Å². The number of nitrogens with zero attached hydrogens (tertiary/aromatic N) is 1. The minimum absolute atomic E-state index is 0.599. The summed E-state index contributed by atoms with van der Waals surface area (Å²) in [6.45, 7) is 9.39. The maximum Gasteiger partial charge on any atom is 0.0399 e. The number of anilines is 1. The monoisotopic (exact) mass is 323 g/mol. The van der Waals surface area contributed by atoms with Crippen LogP contribution in [0.5, 0.6) is 0 Å². The number of hydrogen-bond acceptors (Lipinski definition) is 1. The molecule has 1 heterocycles. The molecule has 0 aromatic heterocycles. The summed E-state index contributed by atoms with van der Waals surface area (Å²) in [5.41, 5.74) is 3.52. The van der Waals surface area contributed by atoms with Gasteiger partial charge in [-0.3, -0.25) is 0 Å². The topological polar surface area (TPSA) is 3.24 Å². The number of hydrogen-bond donors (Lipinski definition) is 0. The van der Waals surface area contributed by atoms with Crippen molar-refractivity contribution in [3.8, 4) is 0 Å². The van der Waals surface area contributed by atoms with Crippen LogP contribution in [0.2, 0.25) is 0 Å². The highest BCUT2D eigenvalue weighted by atomic mass is 79.9. The van der Waals surface area contributed by atoms with Gasteiger partial charge in [-0.15, -0.1) is 0 Å². The first-order valence-electron chi connectivity index (χ1n) is 7.67. The van der Waals surface area contributed by atoms with E-state index in [0.717, 1.165) is 6.42 Å². The van der Waals surface area contributed by atoms with Crippen LogP contribution in [0.25, 0.3) is 0 Å². The van der Waals surface area contributed by atoms with E-state index in [-0.39, 0.29) is 0 Å². The number of halogens is 1. The lowest BCUT2D eigenvalue weighted by atomic mass is 9.72. The van der Waals surface area contributed by atoms with E-state index in [1.54, 1.807) is 0 Å². The fourth-order valence-electron chi connectivity index (χ4n) is 3.58. The van der Waals surface area contributed by atoms with Crippen LogP contribution in [-0.2, 0) is 6.42 Å². The molecule has 0 atom stereocenters. The van der Waals surface area contributed by atoms with Gasteiger partial charge in [-0.25, -0.2) is 0 Å². The van der Waals surface area contributed by atoms with Crippen molar-refractivity contribution in [2.45, 2.75) is 52.9 Å². The van der Waals surface area contributed by atoms with Crippen molar-refractivity contribution in [1.82, 2.24) is 0 Å². The van der Waals surface area contributed by atoms with Crippen LogP contribution >= 0.6 is 15.9 Å². The van der Waals surface area contributed by atoms with E-state index in [4.69, 9.17) is 0 Å². The molecule has 0 saturated carbocycles. The number of rotatable bonds is 6. The van der Waals surface area contributed by atoms with Crippen LogP contribution in [0.15, 0.2) is 22.7 Å². The zero-order chi connectivity index (χ0) is 13.9. The van der Waals surface area contributed by atoms with Gasteiger partial charge in [0.25, 0.3) is 0 Å². The molecular weight excluding hydrogens is 298 g/mol. The Kier molecular flexibility index (Phi) is 4.94. The van der Waals surface area contributed by atoms with Crippen molar-refractivity contribution >= 4 is 21.6 Å². The summed E-state index contributed by atoms with van der Waals surface area (Å²) >= 11 is 3.58. The largest absolute Gasteiger partial charge is 0.370 e. The van der Waals surface area contributed by atoms with Crippen LogP contribution in [0.3, 0.4) is 0 Å². The van der Waals surface area contributed by atoms with Gasteiger partial charge in [0, 0.05) is 28.7 Å². The molecule has 1 aliphatic rings. The Morgan fingerprint density at radius 1 is 1.11 bits per heavy atom. The van der Waals surface area contributed by atoms with Gasteiger partial charge in [-0.2, -0.15) is 0 Å². The second-order valence-electron chi connectivity index (χ2n) is 5.98. The first-order chi connectivity index (χ1) is 9.14. The van der Waals surface area contributed by atoms with E-state index in [2.05, 4.69) is 59.8 Å². The SMILES string of the molecule is CCCC1(CCC)CN(c2ccc(Br)cc2CC)C1. The fourth-order valence-corrected chi connectivity index (χ4v) is 3.99. The summed E-state index contributed by atoms with van der Waals surface area (Å²) < 4.78 is 1.20. The van der Waals surface area contributed by atoms with Gasteiger partial charge in [0.1, 0.15) is 0 Å². The zero-order valence-corrected chi connectivity index (χ0v) is 14.1. The van der Waals surface area contributed by atoms with Crippen LogP contribution in [0, 0.1) is 5.41 Å². The van der Waals surface area contributed by atoms with Gasteiger partial charge in [-0.05, 0) is 43.0 Å². The van der Waals surface area contributed by atoms with E-state index in [9.17, 15) is 0 Å². The van der Waals surface area contributed by atoms with E-state index < -0.39 is 0 Å². The average Bonchev–Trinajstić information content (AvgIpc) is 2.36. The summed E-state index contributed by atoms with van der Waals surface area (Å²) in [7, 11) is 0. The molecule has 0 unspecified atom stereocenters. The summed E-state index contributed by atoms with van der Waals surface area (Å²) in [6.07, 6.45) is 6.51. The van der Waals surface area contributed by atoms with Gasteiger partial charge in [0.15, 0.2) is 0 Å². The lowest BCUT2D eigenvalue weighted by Crippen LogP contribution is -2.56. The minimum Gasteiger partial charge on any atom is -0.370 e. The molecule has 1 nitrogen and oxygen atoms in total. The Morgan fingerprint density at radius 2 is 1.74 bits per heavy atom. The standard InChI is InChI=1S/C17H26BrN/c1-4-9-17(10-5-2)12-19(13-17)16-8-7-15(18)11-14(16)6-3/h7-8,11H,4-6,9-10,12-13H2,1-3H3. The first-order valence-corrected chi connectivity index (χ1v) is 8.47.